The Kier molecular flexibility index (Phi) is 2.86. The fourth-order valence-corrected chi connectivity index (χ4v) is 3.16. The van der Waals surface area contributed by atoms with Gasteiger partial charge in [0.2, 0.25) is 0 Å². The molecule has 0 amide bonds. The van der Waals surface area contributed by atoms with Crippen molar-refractivity contribution in [3.63, 3.8) is 0 Å². The molecule has 0 aliphatic carbocycles. The molecule has 17 heavy (non-hydrogen) atoms. The van der Waals surface area contributed by atoms with Crippen molar-refractivity contribution in [2.75, 3.05) is 0 Å². The lowest BCUT2D eigenvalue weighted by Crippen LogP contribution is -1.84. The average molecular weight is 240 g/mol. The third-order valence-corrected chi connectivity index (χ3v) is 4.22. The Hall–Kier alpha value is -1.34. The number of rotatable bonds is 3. The lowest BCUT2D eigenvalue weighted by atomic mass is 10.0. The van der Waals surface area contributed by atoms with Gasteiger partial charge in [-0.2, -0.15) is 0 Å². The van der Waals surface area contributed by atoms with Gasteiger partial charge in [0.05, 0.1) is 0 Å². The minimum Gasteiger partial charge on any atom is -0.144 e. The molecule has 0 unspecified atom stereocenters. The van der Waals surface area contributed by atoms with Crippen LogP contribution in [-0.2, 0) is 6.42 Å². The second kappa shape index (κ2) is 4.50. The van der Waals surface area contributed by atoms with Crippen molar-refractivity contribution in [3.8, 4) is 0 Å². The zero-order chi connectivity index (χ0) is 11.7. The lowest BCUT2D eigenvalue weighted by Gasteiger charge is -2.04. The van der Waals surface area contributed by atoms with Crippen LogP contribution in [0.2, 0.25) is 0 Å². The third-order valence-electron chi connectivity index (χ3n) is 3.34. The Labute approximate surface area is 106 Å². The molecule has 3 rings (SSSR count). The van der Waals surface area contributed by atoms with Gasteiger partial charge in [-0.05, 0) is 46.7 Å². The van der Waals surface area contributed by atoms with E-state index in [-0.39, 0.29) is 0 Å². The van der Waals surface area contributed by atoms with Crippen LogP contribution in [-0.4, -0.2) is 0 Å². The Balaban J connectivity index is 2.17. The van der Waals surface area contributed by atoms with Crippen LogP contribution in [0.25, 0.3) is 20.9 Å². The molecule has 3 aromatic rings. The third kappa shape index (κ3) is 1.96. The molecule has 0 radical (unpaired) electrons. The highest BCUT2D eigenvalue weighted by Crippen LogP contribution is 2.30. The van der Waals surface area contributed by atoms with E-state index in [2.05, 4.69) is 48.7 Å². The molecule has 0 aliphatic heterocycles. The quantitative estimate of drug-likeness (QED) is 0.575. The van der Waals surface area contributed by atoms with E-state index in [9.17, 15) is 0 Å². The van der Waals surface area contributed by atoms with Crippen molar-refractivity contribution >= 4 is 32.2 Å². The Morgan fingerprint density at radius 3 is 2.76 bits per heavy atom. The molecular weight excluding hydrogens is 224 g/mol. The number of aryl methyl sites for hydroxylation is 1. The monoisotopic (exact) mass is 240 g/mol. The Morgan fingerprint density at radius 1 is 1.00 bits per heavy atom. The van der Waals surface area contributed by atoms with Gasteiger partial charge in [-0.15, -0.1) is 11.3 Å². The first-order valence-corrected chi connectivity index (χ1v) is 7.15. The topological polar surface area (TPSA) is 0 Å². The molecule has 86 valence electrons. The van der Waals surface area contributed by atoms with Crippen LogP contribution in [0.4, 0.5) is 0 Å². The summed E-state index contributed by atoms with van der Waals surface area (Å²) in [4.78, 5) is 0. The molecule has 0 fully saturated rings. The molecule has 0 spiro atoms. The van der Waals surface area contributed by atoms with Gasteiger partial charge in [0, 0.05) is 10.1 Å². The largest absolute Gasteiger partial charge is 0.144 e. The van der Waals surface area contributed by atoms with E-state index in [1.54, 1.807) is 0 Å². The normalized spacial score (nSPS) is 11.4. The zero-order valence-electron chi connectivity index (χ0n) is 10.1. The SMILES string of the molecule is CCCCc1ccc2ccc3sccc3c2c1. The summed E-state index contributed by atoms with van der Waals surface area (Å²) < 4.78 is 1.39. The maximum Gasteiger partial charge on any atom is 0.0349 e. The highest BCUT2D eigenvalue weighted by Gasteiger charge is 2.02. The van der Waals surface area contributed by atoms with Crippen LogP contribution in [0.5, 0.6) is 0 Å². The van der Waals surface area contributed by atoms with Gasteiger partial charge in [0.1, 0.15) is 0 Å². The smallest absolute Gasteiger partial charge is 0.0349 e. The Bertz CT molecular complexity index is 649. The maximum atomic E-state index is 2.38. The fourth-order valence-electron chi connectivity index (χ4n) is 2.36. The first kappa shape index (κ1) is 10.8. The van der Waals surface area contributed by atoms with Crippen LogP contribution < -0.4 is 0 Å². The number of thiophene rings is 1. The van der Waals surface area contributed by atoms with E-state index >= 15 is 0 Å². The van der Waals surface area contributed by atoms with Crippen LogP contribution in [0.1, 0.15) is 25.3 Å². The number of benzene rings is 2. The van der Waals surface area contributed by atoms with Gasteiger partial charge in [0.15, 0.2) is 0 Å². The predicted octanol–water partition coefficient (Wildman–Crippen LogP) is 5.40. The second-order valence-electron chi connectivity index (χ2n) is 4.56. The molecule has 0 N–H and O–H groups in total. The van der Waals surface area contributed by atoms with E-state index in [4.69, 9.17) is 0 Å². The van der Waals surface area contributed by atoms with Crippen LogP contribution >= 0.6 is 11.3 Å². The van der Waals surface area contributed by atoms with Gasteiger partial charge >= 0.3 is 0 Å². The van der Waals surface area contributed by atoms with E-state index < -0.39 is 0 Å². The summed E-state index contributed by atoms with van der Waals surface area (Å²) in [6.07, 6.45) is 3.75. The standard InChI is InChI=1S/C16H16S/c1-2-3-4-12-5-6-13-7-8-16-14(9-10-17-16)15(13)11-12/h5-11H,2-4H2,1H3. The highest BCUT2D eigenvalue weighted by atomic mass is 32.1. The molecule has 2 aromatic carbocycles. The summed E-state index contributed by atoms with van der Waals surface area (Å²) in [5.41, 5.74) is 1.47. The summed E-state index contributed by atoms with van der Waals surface area (Å²) in [5.74, 6) is 0. The molecule has 0 aliphatic rings. The van der Waals surface area contributed by atoms with E-state index in [1.165, 1.54) is 45.7 Å². The summed E-state index contributed by atoms with van der Waals surface area (Å²) in [5, 5.41) is 6.36. The van der Waals surface area contributed by atoms with Crippen LogP contribution in [0.3, 0.4) is 0 Å². The van der Waals surface area contributed by atoms with Gasteiger partial charge in [-0.3, -0.25) is 0 Å². The van der Waals surface area contributed by atoms with Gasteiger partial charge in [0.25, 0.3) is 0 Å². The van der Waals surface area contributed by atoms with E-state index in [1.807, 2.05) is 11.3 Å². The number of hydrogen-bond donors (Lipinski definition) is 0. The lowest BCUT2D eigenvalue weighted by molar-refractivity contribution is 0.796. The average Bonchev–Trinajstić information content (AvgIpc) is 2.84. The van der Waals surface area contributed by atoms with Crippen molar-refractivity contribution in [2.24, 2.45) is 0 Å². The van der Waals surface area contributed by atoms with Crippen molar-refractivity contribution in [3.05, 3.63) is 47.3 Å². The fraction of sp³-hybridized carbons (Fsp3) is 0.250. The molecule has 0 nitrogen and oxygen atoms in total. The van der Waals surface area contributed by atoms with Crippen LogP contribution in [0.15, 0.2) is 41.8 Å². The second-order valence-corrected chi connectivity index (χ2v) is 5.50. The summed E-state index contributed by atoms with van der Waals surface area (Å²) in [6, 6.07) is 13.6. The van der Waals surface area contributed by atoms with E-state index in [0.717, 1.165) is 0 Å². The minimum atomic E-state index is 1.20. The van der Waals surface area contributed by atoms with Gasteiger partial charge in [-0.25, -0.2) is 0 Å². The van der Waals surface area contributed by atoms with Gasteiger partial charge < -0.3 is 0 Å². The summed E-state index contributed by atoms with van der Waals surface area (Å²) in [7, 11) is 0. The number of fused-ring (bicyclic) bond motifs is 3. The Morgan fingerprint density at radius 2 is 1.88 bits per heavy atom. The van der Waals surface area contributed by atoms with E-state index in [0.29, 0.717) is 0 Å². The van der Waals surface area contributed by atoms with Crippen molar-refractivity contribution < 1.29 is 0 Å². The molecule has 0 atom stereocenters. The molecular formula is C16H16S. The molecule has 1 aromatic heterocycles. The number of unbranched alkanes of at least 4 members (excludes halogenated alkanes) is 1. The summed E-state index contributed by atoms with van der Waals surface area (Å²) in [6.45, 7) is 2.25. The molecule has 0 saturated carbocycles. The maximum absolute atomic E-state index is 2.38. The van der Waals surface area contributed by atoms with Crippen molar-refractivity contribution in [2.45, 2.75) is 26.2 Å². The van der Waals surface area contributed by atoms with Crippen LogP contribution in [0, 0.1) is 0 Å². The van der Waals surface area contributed by atoms with Crippen molar-refractivity contribution in [1.82, 2.24) is 0 Å². The zero-order valence-corrected chi connectivity index (χ0v) is 10.9. The molecule has 1 heterocycles. The number of hydrogen-bond acceptors (Lipinski definition) is 1. The van der Waals surface area contributed by atoms with Crippen molar-refractivity contribution in [1.29, 1.82) is 0 Å². The highest BCUT2D eigenvalue weighted by molar-refractivity contribution is 7.17. The summed E-state index contributed by atoms with van der Waals surface area (Å²) >= 11 is 1.83. The molecule has 0 bridgehead atoms. The van der Waals surface area contributed by atoms with Gasteiger partial charge in [-0.1, -0.05) is 37.6 Å². The molecule has 1 heteroatoms. The predicted molar refractivity (Wildman–Crippen MR) is 77.9 cm³/mol. The minimum absolute atomic E-state index is 1.20. The first-order chi connectivity index (χ1) is 8.38. The molecule has 0 saturated heterocycles. The first-order valence-electron chi connectivity index (χ1n) is 6.27.